The number of aromatic amines is 1. The van der Waals surface area contributed by atoms with Gasteiger partial charge >= 0.3 is 0 Å². The average Bonchev–Trinajstić information content (AvgIpc) is 3.26. The third-order valence-corrected chi connectivity index (χ3v) is 6.17. The molecule has 5 heteroatoms. The Morgan fingerprint density at radius 2 is 2.24 bits per heavy atom. The van der Waals surface area contributed by atoms with Crippen molar-refractivity contribution in [3.63, 3.8) is 0 Å². The van der Waals surface area contributed by atoms with Gasteiger partial charge in [-0.25, -0.2) is 0 Å². The molecular weight excluding hydrogens is 332 g/mol. The first-order valence-corrected chi connectivity index (χ1v) is 10.1. The lowest BCUT2D eigenvalue weighted by atomic mass is 9.79. The van der Waals surface area contributed by atoms with E-state index in [0.29, 0.717) is 5.41 Å². The highest BCUT2D eigenvalue weighted by molar-refractivity contribution is 7.09. The van der Waals surface area contributed by atoms with Crippen LogP contribution in [0.2, 0.25) is 0 Å². The van der Waals surface area contributed by atoms with Gasteiger partial charge in [0.25, 0.3) is 0 Å². The molecule has 1 saturated heterocycles. The monoisotopic (exact) mass is 360 g/mol. The van der Waals surface area contributed by atoms with Crippen LogP contribution in [-0.2, 0) is 17.7 Å². The molecule has 0 aromatic carbocycles. The maximum atomic E-state index is 11.2. The van der Waals surface area contributed by atoms with Gasteiger partial charge in [-0.3, -0.25) is 9.69 Å². The van der Waals surface area contributed by atoms with E-state index in [1.54, 1.807) is 6.07 Å². The van der Waals surface area contributed by atoms with Crippen LogP contribution >= 0.6 is 11.3 Å². The summed E-state index contributed by atoms with van der Waals surface area (Å²) < 4.78 is 5.67. The molecule has 2 aromatic rings. The summed E-state index contributed by atoms with van der Waals surface area (Å²) in [6.07, 6.45) is 6.59. The van der Waals surface area contributed by atoms with E-state index in [9.17, 15) is 4.79 Å². The summed E-state index contributed by atoms with van der Waals surface area (Å²) in [5.74, 6) is 0. The standard InChI is InChI=1S/C20H28N2O2S/c1-2-24-12-10-20(8-7-18-4-3-13-25-18)9-11-22(16-20)15-17-5-6-19(23)21-14-17/h3-6,13-14H,2,7-12,15-16H2,1H3,(H,21,23)/t20-/m0/s1. The van der Waals surface area contributed by atoms with Crippen molar-refractivity contribution >= 4 is 11.3 Å². The summed E-state index contributed by atoms with van der Waals surface area (Å²) >= 11 is 1.86. The summed E-state index contributed by atoms with van der Waals surface area (Å²) in [6, 6.07) is 7.94. The van der Waals surface area contributed by atoms with Gasteiger partial charge in [-0.15, -0.1) is 11.3 Å². The topological polar surface area (TPSA) is 45.3 Å². The lowest BCUT2D eigenvalue weighted by Crippen LogP contribution is -2.29. The van der Waals surface area contributed by atoms with Crippen LogP contribution in [0.25, 0.3) is 0 Å². The number of hydrogen-bond donors (Lipinski definition) is 1. The van der Waals surface area contributed by atoms with Gasteiger partial charge in [0.15, 0.2) is 0 Å². The first kappa shape index (κ1) is 18.4. The second-order valence-corrected chi connectivity index (χ2v) is 8.08. The molecule has 0 radical (unpaired) electrons. The van der Waals surface area contributed by atoms with Crippen molar-refractivity contribution in [3.8, 4) is 0 Å². The molecule has 1 fully saturated rings. The van der Waals surface area contributed by atoms with E-state index < -0.39 is 0 Å². The smallest absolute Gasteiger partial charge is 0.247 e. The number of likely N-dealkylation sites (tertiary alicyclic amines) is 1. The summed E-state index contributed by atoms with van der Waals surface area (Å²) in [7, 11) is 0. The molecule has 1 N–H and O–H groups in total. The van der Waals surface area contributed by atoms with Crippen molar-refractivity contribution < 1.29 is 4.74 Å². The van der Waals surface area contributed by atoms with E-state index in [-0.39, 0.29) is 5.56 Å². The molecule has 0 bridgehead atoms. The minimum Gasteiger partial charge on any atom is -0.382 e. The molecular formula is C20H28N2O2S. The lowest BCUT2D eigenvalue weighted by molar-refractivity contribution is 0.0989. The summed E-state index contributed by atoms with van der Waals surface area (Å²) in [5, 5.41) is 2.17. The molecule has 0 spiro atoms. The molecule has 1 atom stereocenters. The van der Waals surface area contributed by atoms with Crippen LogP contribution in [0.3, 0.4) is 0 Å². The third kappa shape index (κ3) is 5.27. The van der Waals surface area contributed by atoms with Crippen molar-refractivity contribution in [1.82, 2.24) is 9.88 Å². The van der Waals surface area contributed by atoms with Crippen molar-refractivity contribution in [2.45, 2.75) is 39.2 Å². The molecule has 0 saturated carbocycles. The molecule has 3 heterocycles. The molecule has 25 heavy (non-hydrogen) atoms. The Labute approximate surface area is 153 Å². The van der Waals surface area contributed by atoms with E-state index in [2.05, 4.69) is 34.3 Å². The minimum atomic E-state index is -0.0350. The molecule has 0 aliphatic carbocycles. The Balaban J connectivity index is 1.61. The molecule has 136 valence electrons. The van der Waals surface area contributed by atoms with Crippen LogP contribution in [0.5, 0.6) is 0 Å². The quantitative estimate of drug-likeness (QED) is 0.694. The molecule has 0 unspecified atom stereocenters. The molecule has 4 nitrogen and oxygen atoms in total. The largest absolute Gasteiger partial charge is 0.382 e. The zero-order valence-corrected chi connectivity index (χ0v) is 15.8. The lowest BCUT2D eigenvalue weighted by Gasteiger charge is -2.29. The molecule has 1 aliphatic rings. The van der Waals surface area contributed by atoms with Gasteiger partial charge in [-0.2, -0.15) is 0 Å². The van der Waals surface area contributed by atoms with E-state index in [1.807, 2.05) is 23.6 Å². The fourth-order valence-electron chi connectivity index (χ4n) is 3.77. The zero-order valence-electron chi connectivity index (χ0n) is 15.0. The van der Waals surface area contributed by atoms with E-state index in [1.165, 1.54) is 23.3 Å². The summed E-state index contributed by atoms with van der Waals surface area (Å²) in [6.45, 7) is 6.86. The van der Waals surface area contributed by atoms with Gasteiger partial charge in [0.1, 0.15) is 0 Å². The van der Waals surface area contributed by atoms with E-state index in [4.69, 9.17) is 4.74 Å². The SMILES string of the molecule is CCOCC[C@]1(CCc2cccs2)CCN(Cc2ccc(=O)[nH]c2)C1. The van der Waals surface area contributed by atoms with Gasteiger partial charge in [-0.05, 0) is 61.6 Å². The highest BCUT2D eigenvalue weighted by Crippen LogP contribution is 2.39. The van der Waals surface area contributed by atoms with Crippen LogP contribution in [0.4, 0.5) is 0 Å². The Hall–Kier alpha value is -1.43. The number of H-pyrrole nitrogens is 1. The summed E-state index contributed by atoms with van der Waals surface area (Å²) in [5.41, 5.74) is 1.49. The highest BCUT2D eigenvalue weighted by Gasteiger charge is 2.37. The van der Waals surface area contributed by atoms with Gasteiger partial charge < -0.3 is 9.72 Å². The Morgan fingerprint density at radius 1 is 1.32 bits per heavy atom. The molecule has 3 rings (SSSR count). The van der Waals surface area contributed by atoms with Crippen LogP contribution < -0.4 is 5.56 Å². The first-order valence-electron chi connectivity index (χ1n) is 9.19. The predicted molar refractivity (Wildman–Crippen MR) is 103 cm³/mol. The fourth-order valence-corrected chi connectivity index (χ4v) is 4.48. The van der Waals surface area contributed by atoms with Gasteiger partial charge in [0.05, 0.1) is 0 Å². The molecule has 0 amide bonds. The van der Waals surface area contributed by atoms with Gasteiger partial charge in [0, 0.05) is 43.4 Å². The first-order chi connectivity index (χ1) is 12.2. The van der Waals surface area contributed by atoms with Gasteiger partial charge in [-0.1, -0.05) is 12.1 Å². The number of nitrogens with one attached hydrogen (secondary N) is 1. The van der Waals surface area contributed by atoms with E-state index >= 15 is 0 Å². The van der Waals surface area contributed by atoms with Crippen LogP contribution in [-0.4, -0.2) is 36.2 Å². The van der Waals surface area contributed by atoms with Crippen LogP contribution in [0.1, 0.15) is 36.6 Å². The van der Waals surface area contributed by atoms with Crippen LogP contribution in [0, 0.1) is 5.41 Å². The van der Waals surface area contributed by atoms with Crippen molar-refractivity contribution in [3.05, 3.63) is 56.6 Å². The normalized spacial score (nSPS) is 21.0. The average molecular weight is 361 g/mol. The minimum absolute atomic E-state index is 0.0350. The predicted octanol–water partition coefficient (Wildman–Crippen LogP) is 3.69. The second kappa shape index (κ2) is 8.79. The third-order valence-electron chi connectivity index (χ3n) is 5.23. The van der Waals surface area contributed by atoms with Crippen LogP contribution in [0.15, 0.2) is 40.6 Å². The Kier molecular flexibility index (Phi) is 6.45. The Bertz CT molecular complexity index is 677. The number of nitrogens with zero attached hydrogens (tertiary/aromatic N) is 1. The van der Waals surface area contributed by atoms with Crippen molar-refractivity contribution in [2.75, 3.05) is 26.3 Å². The maximum absolute atomic E-state index is 11.2. The molecule has 1 aliphatic heterocycles. The highest BCUT2D eigenvalue weighted by atomic mass is 32.1. The number of thiophene rings is 1. The number of ether oxygens (including phenoxy) is 1. The number of pyridine rings is 1. The summed E-state index contributed by atoms with van der Waals surface area (Å²) in [4.78, 5) is 18.0. The number of aromatic nitrogens is 1. The number of aryl methyl sites for hydroxylation is 1. The fraction of sp³-hybridized carbons (Fsp3) is 0.550. The zero-order chi connectivity index (χ0) is 17.5. The number of rotatable bonds is 9. The molecule has 2 aromatic heterocycles. The van der Waals surface area contributed by atoms with Gasteiger partial charge in [0.2, 0.25) is 5.56 Å². The Morgan fingerprint density at radius 3 is 2.96 bits per heavy atom. The van der Waals surface area contributed by atoms with Crippen molar-refractivity contribution in [1.29, 1.82) is 0 Å². The van der Waals surface area contributed by atoms with E-state index in [0.717, 1.165) is 45.7 Å². The second-order valence-electron chi connectivity index (χ2n) is 7.05. The maximum Gasteiger partial charge on any atom is 0.247 e. The number of hydrogen-bond acceptors (Lipinski definition) is 4. The van der Waals surface area contributed by atoms with Crippen molar-refractivity contribution in [2.24, 2.45) is 5.41 Å².